The Morgan fingerprint density at radius 1 is 0.812 bits per heavy atom. The van der Waals surface area contributed by atoms with E-state index < -0.39 is 23.4 Å². The van der Waals surface area contributed by atoms with Crippen molar-refractivity contribution in [3.05, 3.63) is 113 Å². The van der Waals surface area contributed by atoms with Crippen LogP contribution in [0.4, 0.5) is 21.8 Å². The zero-order valence-corrected chi connectivity index (χ0v) is 35.8. The summed E-state index contributed by atoms with van der Waals surface area (Å²) in [4.78, 5) is 59.5. The minimum absolute atomic E-state index is 0.204. The second-order valence-corrected chi connectivity index (χ2v) is 18.9. The van der Waals surface area contributed by atoms with Crippen molar-refractivity contribution in [2.45, 2.75) is 89.2 Å². The van der Waals surface area contributed by atoms with Crippen molar-refractivity contribution in [1.29, 1.82) is 0 Å². The summed E-state index contributed by atoms with van der Waals surface area (Å²) in [7, 11) is 0. The molecule has 3 aromatic heterocycles. The van der Waals surface area contributed by atoms with E-state index in [-0.39, 0.29) is 23.9 Å². The van der Waals surface area contributed by atoms with Gasteiger partial charge in [0.05, 0.1) is 29.9 Å². The molecule has 2 aromatic carbocycles. The lowest BCUT2D eigenvalue weighted by molar-refractivity contribution is -0.136. The van der Waals surface area contributed by atoms with E-state index in [9.17, 15) is 23.9 Å². The zero-order valence-electron chi connectivity index (χ0n) is 35.8. The smallest absolute Gasteiger partial charge is 0.255 e. The van der Waals surface area contributed by atoms with Crippen LogP contribution < -0.4 is 15.5 Å². The molecule has 64 heavy (non-hydrogen) atoms. The average Bonchev–Trinajstić information content (AvgIpc) is 3.73. The fraction of sp³-hybridized carbons (Fsp3) is 0.438. The van der Waals surface area contributed by atoms with Crippen molar-refractivity contribution in [3.8, 4) is 11.3 Å². The van der Waals surface area contributed by atoms with Crippen LogP contribution in [0.2, 0.25) is 0 Å². The predicted molar refractivity (Wildman–Crippen MR) is 236 cm³/mol. The predicted octanol–water partition coefficient (Wildman–Crippen LogP) is 4.91. The Hall–Kier alpha value is -6.10. The van der Waals surface area contributed by atoms with Crippen molar-refractivity contribution < 1.29 is 23.9 Å². The van der Waals surface area contributed by atoms with Gasteiger partial charge >= 0.3 is 0 Å². The van der Waals surface area contributed by atoms with E-state index in [0.717, 1.165) is 113 Å². The van der Waals surface area contributed by atoms with Crippen LogP contribution in [-0.4, -0.2) is 108 Å². The Morgan fingerprint density at radius 2 is 1.59 bits per heavy atom. The minimum Gasteiger partial charge on any atom is -0.385 e. The number of hydrogen-bond acceptors (Lipinski definition) is 12. The molecule has 4 saturated heterocycles. The summed E-state index contributed by atoms with van der Waals surface area (Å²) in [6.07, 6.45) is 10.7. The van der Waals surface area contributed by atoms with Crippen LogP contribution in [0, 0.1) is 11.2 Å². The highest BCUT2D eigenvalue weighted by molar-refractivity contribution is 6.05. The zero-order chi connectivity index (χ0) is 43.6. The highest BCUT2D eigenvalue weighted by atomic mass is 19.1. The number of benzene rings is 2. The van der Waals surface area contributed by atoms with E-state index in [4.69, 9.17) is 0 Å². The molecule has 4 fully saturated rings. The number of nitrogens with one attached hydrogen (secondary N) is 2. The number of aliphatic hydroxyl groups is 1. The third-order valence-corrected chi connectivity index (χ3v) is 14.3. The summed E-state index contributed by atoms with van der Waals surface area (Å²) in [5.74, 6) is -0.494. The van der Waals surface area contributed by atoms with Crippen LogP contribution in [0.1, 0.15) is 83.3 Å². The molecule has 1 unspecified atom stereocenters. The molecule has 0 aliphatic carbocycles. The van der Waals surface area contributed by atoms with Crippen molar-refractivity contribution in [2.24, 2.45) is 5.41 Å². The molecule has 330 valence electrons. The molecule has 0 bridgehead atoms. The molecule has 15 nitrogen and oxygen atoms in total. The van der Waals surface area contributed by atoms with Gasteiger partial charge in [0.15, 0.2) is 5.82 Å². The van der Waals surface area contributed by atoms with Crippen molar-refractivity contribution in [3.63, 3.8) is 0 Å². The molecule has 5 aromatic rings. The van der Waals surface area contributed by atoms with E-state index in [1.165, 1.54) is 17.3 Å². The van der Waals surface area contributed by atoms with Gasteiger partial charge in [-0.2, -0.15) is 5.10 Å². The van der Waals surface area contributed by atoms with Crippen LogP contribution in [0.5, 0.6) is 0 Å². The van der Waals surface area contributed by atoms with Gasteiger partial charge in [0.25, 0.3) is 5.91 Å². The number of fused-ring (bicyclic) bond motifs is 2. The topological polar surface area (TPSA) is 165 Å². The molecule has 11 rings (SSSR count). The van der Waals surface area contributed by atoms with Crippen LogP contribution in [-0.2, 0) is 47.8 Å². The molecule has 9 heterocycles. The van der Waals surface area contributed by atoms with Gasteiger partial charge in [0.1, 0.15) is 17.6 Å². The Labute approximate surface area is 370 Å². The van der Waals surface area contributed by atoms with Gasteiger partial charge in [-0.1, -0.05) is 42.8 Å². The molecule has 0 saturated carbocycles. The first-order valence-corrected chi connectivity index (χ1v) is 22.7. The molecule has 1 spiro atoms. The maximum absolute atomic E-state index is 14.9. The van der Waals surface area contributed by atoms with Gasteiger partial charge in [-0.3, -0.25) is 34.2 Å². The van der Waals surface area contributed by atoms with E-state index in [1.54, 1.807) is 17.2 Å². The third kappa shape index (κ3) is 7.70. The number of nitrogens with zero attached hydrogens (tertiary/aromatic N) is 9. The number of aromatic nitrogens is 5. The molecule has 1 atom stereocenters. The van der Waals surface area contributed by atoms with Crippen molar-refractivity contribution in [1.82, 2.24) is 44.7 Å². The second kappa shape index (κ2) is 16.2. The average molecular weight is 866 g/mol. The fourth-order valence-corrected chi connectivity index (χ4v) is 10.8. The molecule has 3 N–H and O–H groups in total. The molecule has 6 aliphatic rings. The number of halogens is 1. The lowest BCUT2D eigenvalue weighted by Gasteiger charge is -2.61. The lowest BCUT2D eigenvalue weighted by atomic mass is 9.72. The number of carbonyl (C=O) groups excluding carboxylic acids is 3. The Morgan fingerprint density at radius 3 is 2.34 bits per heavy atom. The van der Waals surface area contributed by atoms with Gasteiger partial charge in [-0.05, 0) is 79.0 Å². The van der Waals surface area contributed by atoms with Crippen LogP contribution in [0.15, 0.2) is 73.2 Å². The minimum atomic E-state index is -0.986. The largest absolute Gasteiger partial charge is 0.385 e. The maximum atomic E-state index is 14.9. The van der Waals surface area contributed by atoms with Gasteiger partial charge in [0, 0.05) is 94.1 Å². The SMILES string of the molecule is O=C1CCC(N2Cc3cc(C4(O)CCN(Cc5ccc(CN6CC7(C6)CN(c6ccc(Nc8ncc(F)c(-c9cnn%10c9CCCCC%10)n8)nc6)C7)cc5)CC4)ccc3C2=O)C(=O)N1. The van der Waals surface area contributed by atoms with E-state index in [2.05, 4.69) is 75.7 Å². The first-order valence-electron chi connectivity index (χ1n) is 22.7. The number of hydrogen-bond donors (Lipinski definition) is 3. The molecule has 3 amide bonds. The number of likely N-dealkylation sites (tertiary alicyclic amines) is 2. The molecular formula is C48H52FN11O4. The third-order valence-electron chi connectivity index (χ3n) is 14.3. The number of aryl methyl sites for hydroxylation is 1. The van der Waals surface area contributed by atoms with Gasteiger partial charge < -0.3 is 20.2 Å². The lowest BCUT2D eigenvalue weighted by Crippen LogP contribution is -2.71. The Balaban J connectivity index is 0.624. The summed E-state index contributed by atoms with van der Waals surface area (Å²) in [6, 6.07) is 17.8. The summed E-state index contributed by atoms with van der Waals surface area (Å²) in [5.41, 5.74) is 7.16. The van der Waals surface area contributed by atoms with Crippen molar-refractivity contribution in [2.75, 3.05) is 49.5 Å². The first kappa shape index (κ1) is 40.7. The highest BCUT2D eigenvalue weighted by Gasteiger charge is 2.51. The number of rotatable bonds is 10. The van der Waals surface area contributed by atoms with E-state index in [0.29, 0.717) is 48.6 Å². The number of piperidine rings is 2. The van der Waals surface area contributed by atoms with Gasteiger partial charge in [0.2, 0.25) is 17.8 Å². The summed E-state index contributed by atoms with van der Waals surface area (Å²) in [6.45, 7) is 8.52. The Bertz CT molecular complexity index is 2610. The quantitative estimate of drug-likeness (QED) is 0.163. The Kier molecular flexibility index (Phi) is 10.3. The number of imide groups is 1. The summed E-state index contributed by atoms with van der Waals surface area (Å²) in [5, 5.41) is 21.8. The summed E-state index contributed by atoms with van der Waals surface area (Å²) >= 11 is 0. The van der Waals surface area contributed by atoms with E-state index >= 15 is 0 Å². The fourth-order valence-electron chi connectivity index (χ4n) is 10.8. The molecule has 0 radical (unpaired) electrons. The van der Waals surface area contributed by atoms with Gasteiger partial charge in [-0.25, -0.2) is 19.3 Å². The normalized spacial score (nSPS) is 21.8. The number of pyridine rings is 1. The standard InChI is InChI=1S/C48H52FN11O4/c49-38-23-51-46(55-43(38)37-22-52-60-17-3-1-2-4-39(37)60)53-41-13-10-35(21-50-41)58-29-47(30-58)27-57(28-47)25-32-7-5-31(6-8-32)24-56-18-15-48(64,16-19-56)34-9-11-36-33(20-34)26-59(45(36)63)40-12-14-42(61)54-44(40)62/h5-11,13,20-23,40,64H,1-4,12,14-19,24-30H2,(H,54,61,62)(H,50,51,53,55). The summed E-state index contributed by atoms with van der Waals surface area (Å²) < 4.78 is 16.9. The van der Waals surface area contributed by atoms with Crippen LogP contribution >= 0.6 is 0 Å². The van der Waals surface area contributed by atoms with Crippen LogP contribution in [0.3, 0.4) is 0 Å². The maximum Gasteiger partial charge on any atom is 0.255 e. The van der Waals surface area contributed by atoms with Crippen molar-refractivity contribution >= 4 is 35.2 Å². The number of carbonyl (C=O) groups is 3. The number of amides is 3. The van der Waals surface area contributed by atoms with Gasteiger partial charge in [-0.15, -0.1) is 0 Å². The highest BCUT2D eigenvalue weighted by Crippen LogP contribution is 2.43. The monoisotopic (exact) mass is 865 g/mol. The van der Waals surface area contributed by atoms with E-state index in [1.807, 2.05) is 29.1 Å². The number of anilines is 3. The molecular weight excluding hydrogens is 814 g/mol. The van der Waals surface area contributed by atoms with Crippen LogP contribution in [0.25, 0.3) is 11.3 Å². The molecule has 6 aliphatic heterocycles. The molecule has 16 heteroatoms. The first-order chi connectivity index (χ1) is 31.1. The second-order valence-electron chi connectivity index (χ2n) is 18.9.